The molecule has 52 valence electrons. The smallest absolute Gasteiger partial charge is 0.0773 e. The largest absolute Gasteiger partial charge is 0.358 e. The fourth-order valence-corrected chi connectivity index (χ4v) is 4.85. The molecule has 0 aliphatic heterocycles. The molecule has 0 aliphatic carbocycles. The van der Waals surface area contributed by atoms with E-state index in [9.17, 15) is 0 Å². The molecule has 0 aromatic rings. The van der Waals surface area contributed by atoms with E-state index in [1.807, 2.05) is 12.2 Å². The molecule has 3 heteroatoms. The molecule has 0 aromatic carbocycles. The van der Waals surface area contributed by atoms with Gasteiger partial charge in [0.05, 0.1) is 9.20 Å². The van der Waals surface area contributed by atoms with Crippen molar-refractivity contribution in [2.45, 2.75) is 12.1 Å². The summed E-state index contributed by atoms with van der Waals surface area (Å²) in [5, 5.41) is 5.65. The van der Waals surface area contributed by atoms with Crippen molar-refractivity contribution >= 4 is 17.5 Å². The van der Waals surface area contributed by atoms with Crippen molar-refractivity contribution in [2.75, 3.05) is 0 Å². The molecule has 0 aliphatic rings. The second kappa shape index (κ2) is 6.00. The Bertz CT molecular complexity index is 83.1. The summed E-state index contributed by atoms with van der Waals surface area (Å²) >= 11 is 0. The first kappa shape index (κ1) is 8.87. The van der Waals surface area contributed by atoms with Crippen LogP contribution in [0.1, 0.15) is 0 Å². The molecule has 0 spiro atoms. The van der Waals surface area contributed by atoms with Crippen molar-refractivity contribution in [1.82, 2.24) is 0 Å². The van der Waals surface area contributed by atoms with Crippen LogP contribution in [-0.4, -0.2) is 17.5 Å². The lowest BCUT2D eigenvalue weighted by Crippen LogP contribution is -2.27. The van der Waals surface area contributed by atoms with Crippen LogP contribution in [0.2, 0.25) is 12.1 Å². The number of allylic oxidation sites excluding steroid dienone is 2. The summed E-state index contributed by atoms with van der Waals surface area (Å²) in [6.07, 6.45) is 4.00. The maximum absolute atomic E-state index is 5.65. The van der Waals surface area contributed by atoms with Gasteiger partial charge in [0.15, 0.2) is 0 Å². The molecule has 0 bridgehead atoms. The predicted molar refractivity (Wildman–Crippen MR) is 49.9 cm³/mol. The molecule has 9 heavy (non-hydrogen) atoms. The first-order valence-electron chi connectivity index (χ1n) is 3.27. The minimum Gasteiger partial charge on any atom is -0.358 e. The monoisotopic (exact) mass is 157 g/mol. The van der Waals surface area contributed by atoms with Crippen molar-refractivity contribution in [3.05, 3.63) is 25.3 Å². The number of hydrogen-bond acceptors (Lipinski definition) is 1. The molecule has 2 N–H and O–H groups in total. The Hall–Kier alpha value is -0.126. The molecule has 0 radical (unpaired) electrons. The number of hydrogen-bond donors (Lipinski definition) is 1. The average molecular weight is 157 g/mol. The van der Waals surface area contributed by atoms with Gasteiger partial charge < -0.3 is 5.40 Å². The topological polar surface area (TPSA) is 26.0 Å². The highest BCUT2D eigenvalue weighted by Crippen LogP contribution is 1.96. The van der Waals surface area contributed by atoms with E-state index in [-0.39, 0.29) is 9.20 Å². The van der Waals surface area contributed by atoms with E-state index in [1.54, 1.807) is 0 Å². The predicted octanol–water partition coefficient (Wildman–Crippen LogP) is 0.125. The maximum atomic E-state index is 5.65. The number of rotatable bonds is 5. The Kier molecular flexibility index (Phi) is 5.92. The first-order valence-corrected chi connectivity index (χ1v) is 8.98. The van der Waals surface area contributed by atoms with E-state index >= 15 is 0 Å². The Morgan fingerprint density at radius 2 is 1.78 bits per heavy atom. The molecule has 0 amide bonds. The van der Waals surface area contributed by atoms with Crippen LogP contribution in [-0.2, 0) is 0 Å². The SMILES string of the molecule is C=CC[SiH](CC=C)[SiH2]N. The van der Waals surface area contributed by atoms with Crippen LogP contribution in [0.4, 0.5) is 0 Å². The molecule has 0 aromatic heterocycles. The maximum Gasteiger partial charge on any atom is 0.0773 e. The summed E-state index contributed by atoms with van der Waals surface area (Å²) in [6, 6.07) is 2.41. The van der Waals surface area contributed by atoms with Crippen molar-refractivity contribution in [1.29, 1.82) is 0 Å². The summed E-state index contributed by atoms with van der Waals surface area (Å²) in [4.78, 5) is 0. The summed E-state index contributed by atoms with van der Waals surface area (Å²) in [5.41, 5.74) is 0. The average Bonchev–Trinajstić information content (AvgIpc) is 1.88. The van der Waals surface area contributed by atoms with E-state index in [0.717, 1.165) is 0 Å². The third-order valence-corrected chi connectivity index (χ3v) is 8.00. The zero-order chi connectivity index (χ0) is 7.11. The zero-order valence-electron chi connectivity index (χ0n) is 5.84. The van der Waals surface area contributed by atoms with Gasteiger partial charge in [0, 0.05) is 8.31 Å². The zero-order valence-corrected chi connectivity index (χ0v) is 8.41. The van der Waals surface area contributed by atoms with E-state index in [2.05, 4.69) is 13.2 Å². The lowest BCUT2D eigenvalue weighted by molar-refractivity contribution is 1.57. The molecular formula is C6H15NSi2. The molecule has 0 saturated heterocycles. The van der Waals surface area contributed by atoms with Crippen molar-refractivity contribution in [3.8, 4) is 0 Å². The van der Waals surface area contributed by atoms with E-state index in [4.69, 9.17) is 5.40 Å². The van der Waals surface area contributed by atoms with Gasteiger partial charge in [0.1, 0.15) is 0 Å². The lowest BCUT2D eigenvalue weighted by Gasteiger charge is -2.04. The van der Waals surface area contributed by atoms with Crippen molar-refractivity contribution in [3.63, 3.8) is 0 Å². The Balaban J connectivity index is 3.39. The Morgan fingerprint density at radius 3 is 2.00 bits per heavy atom. The van der Waals surface area contributed by atoms with Crippen molar-refractivity contribution < 1.29 is 0 Å². The Labute approximate surface area is 60.9 Å². The third-order valence-electron chi connectivity index (χ3n) is 1.33. The molecule has 0 heterocycles. The van der Waals surface area contributed by atoms with Gasteiger partial charge in [0.2, 0.25) is 0 Å². The van der Waals surface area contributed by atoms with Gasteiger partial charge in [-0.25, -0.2) is 0 Å². The quantitative estimate of drug-likeness (QED) is 0.445. The van der Waals surface area contributed by atoms with Crippen LogP contribution in [0.5, 0.6) is 0 Å². The minimum absolute atomic E-state index is 0.198. The minimum atomic E-state index is -0.532. The second-order valence-corrected chi connectivity index (χ2v) is 10.2. The molecular weight excluding hydrogens is 142 g/mol. The van der Waals surface area contributed by atoms with Crippen LogP contribution in [0, 0.1) is 0 Å². The number of nitrogens with two attached hydrogens (primary N) is 1. The van der Waals surface area contributed by atoms with Gasteiger partial charge in [0.25, 0.3) is 0 Å². The third kappa shape index (κ3) is 4.38. The lowest BCUT2D eigenvalue weighted by atomic mass is 10.7. The normalized spacial score (nSPS) is 10.9. The standard InChI is InChI=1S/C6H15NSi2/c1-3-5-9(8-7)6-4-2/h3-4,9H,1-2,5-8H2. The molecule has 0 atom stereocenters. The van der Waals surface area contributed by atoms with Crippen LogP contribution in [0.3, 0.4) is 0 Å². The highest BCUT2D eigenvalue weighted by atomic mass is 29.2. The van der Waals surface area contributed by atoms with Crippen LogP contribution < -0.4 is 5.40 Å². The first-order chi connectivity index (χ1) is 4.35. The van der Waals surface area contributed by atoms with Gasteiger partial charge in [-0.3, -0.25) is 0 Å². The molecule has 0 saturated carbocycles. The van der Waals surface area contributed by atoms with Gasteiger partial charge in [-0.15, -0.1) is 13.2 Å². The molecule has 0 unspecified atom stereocenters. The van der Waals surface area contributed by atoms with Gasteiger partial charge in [-0.1, -0.05) is 12.2 Å². The van der Waals surface area contributed by atoms with Crippen LogP contribution in [0.15, 0.2) is 25.3 Å². The fraction of sp³-hybridized carbons (Fsp3) is 0.333. The summed E-state index contributed by atoms with van der Waals surface area (Å²) in [5.74, 6) is 0. The van der Waals surface area contributed by atoms with Gasteiger partial charge in [-0.2, -0.15) is 0 Å². The van der Waals surface area contributed by atoms with Gasteiger partial charge >= 0.3 is 0 Å². The Morgan fingerprint density at radius 1 is 1.33 bits per heavy atom. The van der Waals surface area contributed by atoms with Gasteiger partial charge in [-0.05, 0) is 12.1 Å². The molecule has 1 nitrogen and oxygen atoms in total. The molecule has 0 rings (SSSR count). The summed E-state index contributed by atoms with van der Waals surface area (Å²) in [6.45, 7) is 7.40. The van der Waals surface area contributed by atoms with E-state index < -0.39 is 8.31 Å². The summed E-state index contributed by atoms with van der Waals surface area (Å²) < 4.78 is 0. The molecule has 0 fully saturated rings. The van der Waals surface area contributed by atoms with E-state index in [1.165, 1.54) is 12.1 Å². The van der Waals surface area contributed by atoms with Crippen molar-refractivity contribution in [2.24, 2.45) is 5.40 Å². The highest BCUT2D eigenvalue weighted by molar-refractivity contribution is 7.11. The van der Waals surface area contributed by atoms with Crippen LogP contribution >= 0.6 is 0 Å². The van der Waals surface area contributed by atoms with E-state index in [0.29, 0.717) is 0 Å². The summed E-state index contributed by atoms with van der Waals surface area (Å²) in [7, 11) is -0.730. The highest BCUT2D eigenvalue weighted by Gasteiger charge is 2.02. The van der Waals surface area contributed by atoms with Crippen LogP contribution in [0.25, 0.3) is 0 Å². The fourth-order valence-electron chi connectivity index (χ4n) is 0.760. The second-order valence-electron chi connectivity index (χ2n) is 2.15.